The maximum Gasteiger partial charge on any atom is 0.231 e. The number of phenols is 1. The van der Waals surface area contributed by atoms with Gasteiger partial charge in [0.2, 0.25) is 5.91 Å². The van der Waals surface area contributed by atoms with Gasteiger partial charge in [0.1, 0.15) is 17.1 Å². The van der Waals surface area contributed by atoms with Crippen molar-refractivity contribution < 1.29 is 14.4 Å². The Balaban J connectivity index is 2.20. The molecular formula is C14H15ClN2O3. The quantitative estimate of drug-likeness (QED) is 0.945. The molecule has 1 heterocycles. The maximum absolute atomic E-state index is 12.3. The zero-order valence-electron chi connectivity index (χ0n) is 11.5. The summed E-state index contributed by atoms with van der Waals surface area (Å²) >= 11 is 6.00. The van der Waals surface area contributed by atoms with E-state index in [2.05, 4.69) is 5.16 Å². The minimum absolute atomic E-state index is 0.0743. The van der Waals surface area contributed by atoms with Crippen LogP contribution in [-0.2, 0) is 11.2 Å². The van der Waals surface area contributed by atoms with Crippen LogP contribution < -0.4 is 4.90 Å². The summed E-state index contributed by atoms with van der Waals surface area (Å²) in [7, 11) is 1.67. The number of phenolic OH excluding ortho intramolecular Hbond substituents is 1. The van der Waals surface area contributed by atoms with Gasteiger partial charge in [-0.15, -0.1) is 0 Å². The normalized spacial score (nSPS) is 10.6. The average Bonchev–Trinajstić information content (AvgIpc) is 2.71. The van der Waals surface area contributed by atoms with Gasteiger partial charge in [0, 0.05) is 12.1 Å². The topological polar surface area (TPSA) is 66.6 Å². The molecule has 0 atom stereocenters. The highest BCUT2D eigenvalue weighted by Crippen LogP contribution is 2.26. The Morgan fingerprint density at radius 3 is 2.70 bits per heavy atom. The standard InChI is InChI=1S/C14H15ClN2O3/c1-8-14(9(2)20-16-8)17(3)13(19)6-10-4-5-11(18)7-12(10)15/h4-5,7,18H,6H2,1-3H3. The molecule has 1 aromatic heterocycles. The Kier molecular flexibility index (Phi) is 3.99. The molecule has 0 radical (unpaired) electrons. The fourth-order valence-corrected chi connectivity index (χ4v) is 2.28. The van der Waals surface area contributed by atoms with Gasteiger partial charge < -0.3 is 14.5 Å². The van der Waals surface area contributed by atoms with Crippen LogP contribution in [-0.4, -0.2) is 23.2 Å². The lowest BCUT2D eigenvalue weighted by atomic mass is 10.1. The largest absolute Gasteiger partial charge is 0.508 e. The van der Waals surface area contributed by atoms with Crippen LogP contribution >= 0.6 is 11.6 Å². The van der Waals surface area contributed by atoms with Crippen LogP contribution in [0.25, 0.3) is 0 Å². The second kappa shape index (κ2) is 5.54. The Labute approximate surface area is 121 Å². The van der Waals surface area contributed by atoms with Gasteiger partial charge >= 0.3 is 0 Å². The van der Waals surface area contributed by atoms with Gasteiger partial charge in [-0.2, -0.15) is 0 Å². The van der Waals surface area contributed by atoms with Crippen LogP contribution in [0.1, 0.15) is 17.0 Å². The summed E-state index contributed by atoms with van der Waals surface area (Å²) in [6, 6.07) is 4.56. The number of hydrogen-bond acceptors (Lipinski definition) is 4. The van der Waals surface area contributed by atoms with Crippen molar-refractivity contribution in [3.63, 3.8) is 0 Å². The van der Waals surface area contributed by atoms with Crippen molar-refractivity contribution in [2.75, 3.05) is 11.9 Å². The first-order valence-corrected chi connectivity index (χ1v) is 6.44. The summed E-state index contributed by atoms with van der Waals surface area (Å²) < 4.78 is 5.05. The number of likely N-dealkylation sites (N-methyl/N-ethyl adjacent to an activating group) is 1. The number of anilines is 1. The zero-order valence-corrected chi connectivity index (χ0v) is 12.2. The van der Waals surface area contributed by atoms with E-state index < -0.39 is 0 Å². The second-order valence-electron chi connectivity index (χ2n) is 4.58. The van der Waals surface area contributed by atoms with Crippen molar-refractivity contribution >= 4 is 23.2 Å². The molecule has 0 saturated carbocycles. The summed E-state index contributed by atoms with van der Waals surface area (Å²) in [5.41, 5.74) is 1.99. The fourth-order valence-electron chi connectivity index (χ4n) is 2.04. The Morgan fingerprint density at radius 1 is 1.45 bits per heavy atom. The van der Waals surface area contributed by atoms with Crippen molar-refractivity contribution in [3.05, 3.63) is 40.2 Å². The molecule has 0 aliphatic carbocycles. The zero-order chi connectivity index (χ0) is 14.9. The summed E-state index contributed by atoms with van der Waals surface area (Å²) in [5, 5.41) is 13.5. The van der Waals surface area contributed by atoms with E-state index in [1.54, 1.807) is 27.0 Å². The van der Waals surface area contributed by atoms with Crippen LogP contribution in [0.2, 0.25) is 5.02 Å². The molecule has 20 heavy (non-hydrogen) atoms. The molecule has 2 rings (SSSR count). The van der Waals surface area contributed by atoms with Crippen LogP contribution in [0.15, 0.2) is 22.7 Å². The smallest absolute Gasteiger partial charge is 0.231 e. The first kappa shape index (κ1) is 14.4. The van der Waals surface area contributed by atoms with E-state index in [0.717, 1.165) is 0 Å². The highest BCUT2D eigenvalue weighted by atomic mass is 35.5. The second-order valence-corrected chi connectivity index (χ2v) is 4.99. The summed E-state index contributed by atoms with van der Waals surface area (Å²) in [4.78, 5) is 13.8. The third-order valence-electron chi connectivity index (χ3n) is 3.08. The highest BCUT2D eigenvalue weighted by molar-refractivity contribution is 6.31. The molecule has 0 fully saturated rings. The minimum Gasteiger partial charge on any atom is -0.508 e. The van der Waals surface area contributed by atoms with Gasteiger partial charge in [-0.05, 0) is 31.5 Å². The van der Waals surface area contributed by atoms with Crippen LogP contribution in [0, 0.1) is 13.8 Å². The van der Waals surface area contributed by atoms with Crippen LogP contribution in [0.4, 0.5) is 5.69 Å². The van der Waals surface area contributed by atoms with E-state index in [1.807, 2.05) is 0 Å². The number of aromatic hydroxyl groups is 1. The molecule has 0 bridgehead atoms. The van der Waals surface area contributed by atoms with Gasteiger partial charge in [0.25, 0.3) is 0 Å². The molecule has 6 heteroatoms. The van der Waals surface area contributed by atoms with Crippen LogP contribution in [0.3, 0.4) is 0 Å². The van der Waals surface area contributed by atoms with Crippen molar-refractivity contribution in [1.82, 2.24) is 5.16 Å². The third-order valence-corrected chi connectivity index (χ3v) is 3.44. The first-order valence-electron chi connectivity index (χ1n) is 6.07. The molecule has 5 nitrogen and oxygen atoms in total. The lowest BCUT2D eigenvalue weighted by Crippen LogP contribution is -2.28. The molecule has 1 amide bonds. The predicted molar refractivity (Wildman–Crippen MR) is 76.2 cm³/mol. The van der Waals surface area contributed by atoms with E-state index in [0.29, 0.717) is 27.7 Å². The van der Waals surface area contributed by atoms with Gasteiger partial charge in [0.15, 0.2) is 5.76 Å². The molecule has 0 aliphatic heterocycles. The summed E-state index contributed by atoms with van der Waals surface area (Å²) in [5.74, 6) is 0.535. The Bertz CT molecular complexity index is 632. The molecule has 0 aliphatic rings. The van der Waals surface area contributed by atoms with Crippen molar-refractivity contribution in [3.8, 4) is 5.75 Å². The average molecular weight is 295 g/mol. The molecular weight excluding hydrogens is 280 g/mol. The summed E-state index contributed by atoms with van der Waals surface area (Å²) in [6.07, 6.45) is 0.139. The maximum atomic E-state index is 12.3. The molecule has 0 unspecified atom stereocenters. The molecule has 106 valence electrons. The molecule has 0 spiro atoms. The number of hydrogen-bond donors (Lipinski definition) is 1. The minimum atomic E-state index is -0.132. The van der Waals surface area contributed by atoms with E-state index in [4.69, 9.17) is 16.1 Å². The van der Waals surface area contributed by atoms with Crippen LogP contribution in [0.5, 0.6) is 5.75 Å². The summed E-state index contributed by atoms with van der Waals surface area (Å²) in [6.45, 7) is 3.54. The van der Waals surface area contributed by atoms with E-state index in [1.165, 1.54) is 17.0 Å². The highest BCUT2D eigenvalue weighted by Gasteiger charge is 2.20. The Hall–Kier alpha value is -2.01. The monoisotopic (exact) mass is 294 g/mol. The first-order chi connectivity index (χ1) is 9.40. The fraction of sp³-hybridized carbons (Fsp3) is 0.286. The number of benzene rings is 1. The number of aromatic nitrogens is 1. The van der Waals surface area contributed by atoms with E-state index in [-0.39, 0.29) is 18.1 Å². The molecule has 2 aromatic rings. The molecule has 1 aromatic carbocycles. The number of amides is 1. The predicted octanol–water partition coefficient (Wildman–Crippen LogP) is 2.86. The lowest BCUT2D eigenvalue weighted by molar-refractivity contribution is -0.117. The van der Waals surface area contributed by atoms with Gasteiger partial charge in [-0.25, -0.2) is 0 Å². The Morgan fingerprint density at radius 2 is 2.15 bits per heavy atom. The van der Waals surface area contributed by atoms with E-state index in [9.17, 15) is 9.90 Å². The van der Waals surface area contributed by atoms with Gasteiger partial charge in [-0.3, -0.25) is 4.79 Å². The van der Waals surface area contributed by atoms with Gasteiger partial charge in [0.05, 0.1) is 6.42 Å². The van der Waals surface area contributed by atoms with Crippen molar-refractivity contribution in [2.24, 2.45) is 0 Å². The number of halogens is 1. The van der Waals surface area contributed by atoms with Crippen molar-refractivity contribution in [1.29, 1.82) is 0 Å². The number of carbonyl (C=O) groups is 1. The number of rotatable bonds is 3. The molecule has 0 saturated heterocycles. The van der Waals surface area contributed by atoms with Gasteiger partial charge in [-0.1, -0.05) is 22.8 Å². The number of carbonyl (C=O) groups excluding carboxylic acids is 1. The number of aryl methyl sites for hydroxylation is 2. The SMILES string of the molecule is Cc1noc(C)c1N(C)C(=O)Cc1ccc(O)cc1Cl. The third kappa shape index (κ3) is 2.77. The van der Waals surface area contributed by atoms with E-state index >= 15 is 0 Å². The van der Waals surface area contributed by atoms with Crippen molar-refractivity contribution in [2.45, 2.75) is 20.3 Å². The lowest BCUT2D eigenvalue weighted by Gasteiger charge is -2.17. The molecule has 1 N–H and O–H groups in total. The number of nitrogens with zero attached hydrogens (tertiary/aromatic N) is 2.